The first-order chi connectivity index (χ1) is 13.3. The van der Waals surface area contributed by atoms with E-state index in [1.165, 1.54) is 0 Å². The van der Waals surface area contributed by atoms with E-state index in [4.69, 9.17) is 4.42 Å². The Bertz CT molecular complexity index is 1220. The zero-order chi connectivity index (χ0) is 18.2. The van der Waals surface area contributed by atoms with Crippen molar-refractivity contribution in [1.82, 2.24) is 19.7 Å². The molecular formula is C22H16N4O. The summed E-state index contributed by atoms with van der Waals surface area (Å²) in [6.07, 6.45) is 9.26. The largest absolute Gasteiger partial charge is 0.454 e. The third-order valence-electron chi connectivity index (χ3n) is 4.59. The van der Waals surface area contributed by atoms with Crippen molar-refractivity contribution in [2.24, 2.45) is 7.05 Å². The van der Waals surface area contributed by atoms with E-state index in [2.05, 4.69) is 39.3 Å². The van der Waals surface area contributed by atoms with Gasteiger partial charge in [-0.15, -0.1) is 0 Å². The smallest absolute Gasteiger partial charge is 0.161 e. The lowest BCUT2D eigenvalue weighted by molar-refractivity contribution is 0.632. The average molecular weight is 352 g/mol. The zero-order valence-corrected chi connectivity index (χ0v) is 14.7. The van der Waals surface area contributed by atoms with E-state index in [0.29, 0.717) is 0 Å². The summed E-state index contributed by atoms with van der Waals surface area (Å²) in [5.41, 5.74) is 6.84. The third-order valence-corrected chi connectivity index (χ3v) is 4.59. The topological polar surface area (TPSA) is 56.7 Å². The predicted octanol–water partition coefficient (Wildman–Crippen LogP) is 4.96. The number of benzene rings is 1. The molecule has 0 fully saturated rings. The van der Waals surface area contributed by atoms with Crippen LogP contribution in [0, 0.1) is 0 Å². The molecule has 0 aliphatic rings. The minimum atomic E-state index is 0.775. The van der Waals surface area contributed by atoms with Crippen LogP contribution in [-0.2, 0) is 7.05 Å². The van der Waals surface area contributed by atoms with Crippen molar-refractivity contribution in [3.63, 3.8) is 0 Å². The van der Waals surface area contributed by atoms with Gasteiger partial charge in [-0.25, -0.2) is 0 Å². The normalized spacial score (nSPS) is 11.1. The number of fused-ring (bicyclic) bond motifs is 1. The van der Waals surface area contributed by atoms with Crippen LogP contribution in [0.1, 0.15) is 0 Å². The lowest BCUT2D eigenvalue weighted by Gasteiger charge is -2.01. The maximum atomic E-state index is 6.18. The maximum Gasteiger partial charge on any atom is 0.161 e. The molecule has 4 aromatic heterocycles. The van der Waals surface area contributed by atoms with E-state index in [0.717, 1.165) is 44.7 Å². The first-order valence-electron chi connectivity index (χ1n) is 8.66. The molecule has 1 aromatic carbocycles. The Morgan fingerprint density at radius 1 is 0.852 bits per heavy atom. The number of rotatable bonds is 3. The highest BCUT2D eigenvalue weighted by Gasteiger charge is 2.12. The van der Waals surface area contributed by atoms with Gasteiger partial charge in [0.2, 0.25) is 0 Å². The van der Waals surface area contributed by atoms with Gasteiger partial charge in [0.25, 0.3) is 0 Å². The summed E-state index contributed by atoms with van der Waals surface area (Å²) in [7, 11) is 1.92. The second kappa shape index (κ2) is 6.21. The lowest BCUT2D eigenvalue weighted by atomic mass is 10.1. The minimum absolute atomic E-state index is 0.775. The van der Waals surface area contributed by atoms with Crippen LogP contribution in [0.3, 0.4) is 0 Å². The molecule has 0 amide bonds. The molecule has 0 spiro atoms. The molecule has 0 bridgehead atoms. The Hall–Kier alpha value is -3.73. The molecule has 5 aromatic rings. The van der Waals surface area contributed by atoms with E-state index in [1.54, 1.807) is 17.1 Å². The molecule has 5 rings (SSSR count). The SMILES string of the molecule is Cn1cc(-c2ccc(-c3cc4nccc(-c5cccnc5)c4o3)cc2)cn1. The van der Waals surface area contributed by atoms with Gasteiger partial charge in [-0.3, -0.25) is 14.6 Å². The van der Waals surface area contributed by atoms with Gasteiger partial charge >= 0.3 is 0 Å². The van der Waals surface area contributed by atoms with Gasteiger partial charge in [-0.1, -0.05) is 30.3 Å². The molecule has 0 aliphatic carbocycles. The minimum Gasteiger partial charge on any atom is -0.454 e. The average Bonchev–Trinajstić information content (AvgIpc) is 3.35. The standard InChI is InChI=1S/C22H16N4O/c1-26-14-18(13-25-26)15-4-6-16(7-5-15)21-11-20-22(27-21)19(8-10-24-20)17-3-2-9-23-12-17/h2-14H,1H3. The summed E-state index contributed by atoms with van der Waals surface area (Å²) in [4.78, 5) is 8.66. The summed E-state index contributed by atoms with van der Waals surface area (Å²) < 4.78 is 7.98. The number of nitrogens with zero attached hydrogens (tertiary/aromatic N) is 4. The molecule has 0 saturated carbocycles. The Balaban J connectivity index is 1.56. The number of furan rings is 1. The van der Waals surface area contributed by atoms with Crippen LogP contribution in [-0.4, -0.2) is 19.7 Å². The molecule has 0 saturated heterocycles. The van der Waals surface area contributed by atoms with Crippen molar-refractivity contribution in [2.45, 2.75) is 0 Å². The summed E-state index contributed by atoms with van der Waals surface area (Å²) in [6.45, 7) is 0. The van der Waals surface area contributed by atoms with Crippen LogP contribution in [0.15, 0.2) is 83.9 Å². The summed E-state index contributed by atoms with van der Waals surface area (Å²) >= 11 is 0. The Morgan fingerprint density at radius 3 is 2.44 bits per heavy atom. The van der Waals surface area contributed by atoms with Gasteiger partial charge in [0.1, 0.15) is 11.3 Å². The number of pyridine rings is 2. The molecule has 4 heterocycles. The number of aromatic nitrogens is 4. The summed E-state index contributed by atoms with van der Waals surface area (Å²) in [5, 5.41) is 4.23. The fourth-order valence-electron chi connectivity index (χ4n) is 3.23. The molecule has 0 atom stereocenters. The lowest BCUT2D eigenvalue weighted by Crippen LogP contribution is -1.84. The quantitative estimate of drug-likeness (QED) is 0.461. The van der Waals surface area contributed by atoms with Crippen LogP contribution < -0.4 is 0 Å². The fourth-order valence-corrected chi connectivity index (χ4v) is 3.23. The molecule has 27 heavy (non-hydrogen) atoms. The highest BCUT2D eigenvalue weighted by atomic mass is 16.3. The van der Waals surface area contributed by atoms with Crippen molar-refractivity contribution in [1.29, 1.82) is 0 Å². The van der Waals surface area contributed by atoms with Crippen molar-refractivity contribution in [3.05, 3.63) is 79.5 Å². The third kappa shape index (κ3) is 2.79. The molecule has 5 heteroatoms. The number of hydrogen-bond acceptors (Lipinski definition) is 4. The first kappa shape index (κ1) is 15.5. The molecule has 0 radical (unpaired) electrons. The van der Waals surface area contributed by atoms with Gasteiger partial charge in [0.05, 0.1) is 6.20 Å². The highest BCUT2D eigenvalue weighted by Crippen LogP contribution is 2.33. The fraction of sp³-hybridized carbons (Fsp3) is 0.0455. The molecule has 130 valence electrons. The Morgan fingerprint density at radius 2 is 1.70 bits per heavy atom. The molecule has 0 unspecified atom stereocenters. The highest BCUT2D eigenvalue weighted by molar-refractivity contribution is 5.92. The van der Waals surface area contributed by atoms with E-state index < -0.39 is 0 Å². The zero-order valence-electron chi connectivity index (χ0n) is 14.7. The number of aryl methyl sites for hydroxylation is 1. The van der Waals surface area contributed by atoms with E-state index >= 15 is 0 Å². The predicted molar refractivity (Wildman–Crippen MR) is 105 cm³/mol. The summed E-state index contributed by atoms with van der Waals surface area (Å²) in [5.74, 6) is 0.798. The Labute approximate surface area is 155 Å². The van der Waals surface area contributed by atoms with E-state index in [1.807, 2.05) is 49.9 Å². The van der Waals surface area contributed by atoms with Crippen LogP contribution in [0.5, 0.6) is 0 Å². The molecule has 5 nitrogen and oxygen atoms in total. The second-order valence-corrected chi connectivity index (χ2v) is 6.41. The van der Waals surface area contributed by atoms with Crippen molar-refractivity contribution < 1.29 is 4.42 Å². The van der Waals surface area contributed by atoms with Gasteiger partial charge < -0.3 is 4.42 Å². The van der Waals surface area contributed by atoms with Gasteiger partial charge in [0, 0.05) is 60.2 Å². The summed E-state index contributed by atoms with van der Waals surface area (Å²) in [6, 6.07) is 16.2. The monoisotopic (exact) mass is 352 g/mol. The molecule has 0 aliphatic heterocycles. The molecule has 0 N–H and O–H groups in total. The maximum absolute atomic E-state index is 6.18. The van der Waals surface area contributed by atoms with Crippen LogP contribution in [0.4, 0.5) is 0 Å². The van der Waals surface area contributed by atoms with Crippen molar-refractivity contribution in [3.8, 4) is 33.6 Å². The van der Waals surface area contributed by atoms with Crippen LogP contribution in [0.25, 0.3) is 44.7 Å². The molecular weight excluding hydrogens is 336 g/mol. The van der Waals surface area contributed by atoms with Crippen molar-refractivity contribution in [2.75, 3.05) is 0 Å². The van der Waals surface area contributed by atoms with E-state index in [-0.39, 0.29) is 0 Å². The Kier molecular flexibility index (Phi) is 3.57. The van der Waals surface area contributed by atoms with E-state index in [9.17, 15) is 0 Å². The van der Waals surface area contributed by atoms with Gasteiger partial charge in [-0.05, 0) is 17.7 Å². The second-order valence-electron chi connectivity index (χ2n) is 6.41. The van der Waals surface area contributed by atoms with Gasteiger partial charge in [0.15, 0.2) is 5.58 Å². The van der Waals surface area contributed by atoms with Crippen LogP contribution in [0.2, 0.25) is 0 Å². The van der Waals surface area contributed by atoms with Crippen molar-refractivity contribution >= 4 is 11.1 Å². The first-order valence-corrected chi connectivity index (χ1v) is 8.66. The van der Waals surface area contributed by atoms with Gasteiger partial charge in [-0.2, -0.15) is 5.10 Å². The number of hydrogen-bond donors (Lipinski definition) is 0. The van der Waals surface area contributed by atoms with Crippen LogP contribution >= 0.6 is 0 Å².